The highest BCUT2D eigenvalue weighted by atomic mass is 79.9. The molecule has 2 aliphatic rings. The van der Waals surface area contributed by atoms with E-state index in [2.05, 4.69) is 52.9 Å². The Balaban J connectivity index is 1.60. The highest BCUT2D eigenvalue weighted by Gasteiger charge is 2.25. The average molecular weight is 526 g/mol. The zero-order valence-corrected chi connectivity index (χ0v) is 21.5. The van der Waals surface area contributed by atoms with Gasteiger partial charge in [0.15, 0.2) is 5.75 Å². The molecule has 1 unspecified atom stereocenters. The number of hydrogen-bond acceptors (Lipinski definition) is 6. The Kier molecular flexibility index (Phi) is 7.21. The van der Waals surface area contributed by atoms with E-state index in [0.29, 0.717) is 19.2 Å². The van der Waals surface area contributed by atoms with E-state index in [1.54, 1.807) is 0 Å². The lowest BCUT2D eigenvalue weighted by molar-refractivity contribution is 0.0219. The van der Waals surface area contributed by atoms with E-state index in [1.165, 1.54) is 19.3 Å². The third-order valence-corrected chi connectivity index (χ3v) is 7.67. The first kappa shape index (κ1) is 23.4. The van der Waals surface area contributed by atoms with Gasteiger partial charge in [0, 0.05) is 31.3 Å². The minimum atomic E-state index is -0.129. The molecule has 0 spiro atoms. The molecule has 2 saturated heterocycles. The van der Waals surface area contributed by atoms with E-state index in [1.807, 2.05) is 18.2 Å². The van der Waals surface area contributed by atoms with Crippen LogP contribution in [0.25, 0.3) is 10.9 Å². The molecular formula is C27H32BrN3O3. The van der Waals surface area contributed by atoms with Crippen molar-refractivity contribution in [2.75, 3.05) is 31.2 Å². The maximum absolute atomic E-state index is 6.58. The zero-order valence-electron chi connectivity index (χ0n) is 19.9. The molecule has 1 atom stereocenters. The van der Waals surface area contributed by atoms with E-state index < -0.39 is 0 Å². The van der Waals surface area contributed by atoms with Crippen LogP contribution in [0.15, 0.2) is 40.9 Å². The summed E-state index contributed by atoms with van der Waals surface area (Å²) in [6.45, 7) is 7.58. The number of piperidine rings is 1. The molecule has 180 valence electrons. The molecule has 2 aromatic carbocycles. The molecule has 6 nitrogen and oxygen atoms in total. The van der Waals surface area contributed by atoms with Gasteiger partial charge in [0.05, 0.1) is 17.7 Å². The number of hydrogen-bond donors (Lipinski definition) is 0. The molecule has 1 aromatic heterocycles. The topological polar surface area (TPSA) is 56.7 Å². The monoisotopic (exact) mass is 525 g/mol. The van der Waals surface area contributed by atoms with E-state index in [9.17, 15) is 0 Å². The van der Waals surface area contributed by atoms with Gasteiger partial charge in [0.2, 0.25) is 0 Å². The van der Waals surface area contributed by atoms with Gasteiger partial charge in [-0.2, -0.15) is 9.97 Å². The zero-order chi connectivity index (χ0) is 23.5. The summed E-state index contributed by atoms with van der Waals surface area (Å²) < 4.78 is 19.3. The van der Waals surface area contributed by atoms with Crippen molar-refractivity contribution in [3.05, 3.63) is 52.0 Å². The van der Waals surface area contributed by atoms with E-state index in [-0.39, 0.29) is 12.2 Å². The number of rotatable bonds is 6. The molecule has 0 saturated carbocycles. The number of anilines is 1. The quantitative estimate of drug-likeness (QED) is 0.371. The second kappa shape index (κ2) is 10.5. The van der Waals surface area contributed by atoms with Crippen LogP contribution in [-0.2, 0) is 4.74 Å². The maximum atomic E-state index is 6.58. The molecule has 0 bridgehead atoms. The second-order valence-corrected chi connectivity index (χ2v) is 10.0. The Labute approximate surface area is 209 Å². The summed E-state index contributed by atoms with van der Waals surface area (Å²) in [5.41, 5.74) is 3.01. The molecule has 0 amide bonds. The lowest BCUT2D eigenvalue weighted by Crippen LogP contribution is -2.31. The summed E-state index contributed by atoms with van der Waals surface area (Å²) in [7, 11) is 0. The molecule has 0 N–H and O–H groups in total. The van der Waals surface area contributed by atoms with Crippen molar-refractivity contribution >= 4 is 32.7 Å². The molecule has 7 heteroatoms. The van der Waals surface area contributed by atoms with E-state index in [0.717, 1.165) is 64.0 Å². The number of halogens is 1. The first-order valence-electron chi connectivity index (χ1n) is 12.3. The number of benzene rings is 2. The average Bonchev–Trinajstić information content (AvgIpc) is 2.88. The van der Waals surface area contributed by atoms with Crippen LogP contribution in [0.5, 0.6) is 11.8 Å². The van der Waals surface area contributed by atoms with Crippen molar-refractivity contribution < 1.29 is 14.2 Å². The first-order valence-corrected chi connectivity index (χ1v) is 13.1. The van der Waals surface area contributed by atoms with Gasteiger partial charge in [-0.1, -0.05) is 30.3 Å². The van der Waals surface area contributed by atoms with Gasteiger partial charge in [-0.25, -0.2) is 0 Å². The van der Waals surface area contributed by atoms with Crippen LogP contribution in [0.3, 0.4) is 0 Å². The van der Waals surface area contributed by atoms with Gasteiger partial charge in [-0.15, -0.1) is 0 Å². The fourth-order valence-electron chi connectivity index (χ4n) is 4.73. The Morgan fingerprint density at radius 3 is 2.53 bits per heavy atom. The molecule has 0 aliphatic carbocycles. The summed E-state index contributed by atoms with van der Waals surface area (Å²) in [5.74, 6) is 1.68. The number of aryl methyl sites for hydroxylation is 1. The third-order valence-electron chi connectivity index (χ3n) is 6.69. The Morgan fingerprint density at radius 2 is 1.79 bits per heavy atom. The Hall–Kier alpha value is -2.38. The van der Waals surface area contributed by atoms with Crippen LogP contribution in [0.1, 0.15) is 56.3 Å². The maximum Gasteiger partial charge on any atom is 0.319 e. The van der Waals surface area contributed by atoms with Crippen LogP contribution in [-0.4, -0.2) is 42.4 Å². The SMILES string of the molecule is Cc1cc2c(N3CCCCC3)nc(OC3CCOCC3)nc2c(OC(C)c2ccccc2)c1Br. The lowest BCUT2D eigenvalue weighted by atomic mass is 10.1. The molecule has 3 heterocycles. The van der Waals surface area contributed by atoms with Gasteiger partial charge in [-0.05, 0) is 66.2 Å². The van der Waals surface area contributed by atoms with Crippen molar-refractivity contribution in [1.82, 2.24) is 9.97 Å². The molecule has 5 rings (SSSR count). The number of ether oxygens (including phenoxy) is 3. The second-order valence-electron chi connectivity index (χ2n) is 9.21. The Bertz CT molecular complexity index is 1130. The summed E-state index contributed by atoms with van der Waals surface area (Å²) >= 11 is 3.79. The highest BCUT2D eigenvalue weighted by Crippen LogP contribution is 2.42. The predicted octanol–water partition coefficient (Wildman–Crippen LogP) is 6.39. The molecule has 3 aromatic rings. The minimum Gasteiger partial charge on any atom is -0.483 e. The first-order chi connectivity index (χ1) is 16.6. The molecule has 0 radical (unpaired) electrons. The van der Waals surface area contributed by atoms with Crippen LogP contribution < -0.4 is 14.4 Å². The van der Waals surface area contributed by atoms with Gasteiger partial charge < -0.3 is 19.1 Å². The molecule has 2 aliphatic heterocycles. The lowest BCUT2D eigenvalue weighted by Gasteiger charge is -2.30. The fourth-order valence-corrected chi connectivity index (χ4v) is 5.12. The van der Waals surface area contributed by atoms with Crippen LogP contribution >= 0.6 is 15.9 Å². The predicted molar refractivity (Wildman–Crippen MR) is 138 cm³/mol. The standard InChI is InChI=1S/C27H32BrN3O3/c1-18-17-22-24(25(23(18)28)33-19(2)20-9-5-3-6-10-20)29-27(34-21-11-15-32-16-12-21)30-26(22)31-13-7-4-8-14-31/h3,5-6,9-10,17,19,21H,4,7-8,11-16H2,1-2H3. The van der Waals surface area contributed by atoms with Crippen molar-refractivity contribution in [3.63, 3.8) is 0 Å². The van der Waals surface area contributed by atoms with Gasteiger partial charge in [-0.3, -0.25) is 0 Å². The summed E-state index contributed by atoms with van der Waals surface area (Å²) in [5, 5.41) is 1.01. The van der Waals surface area contributed by atoms with E-state index >= 15 is 0 Å². The van der Waals surface area contributed by atoms with Crippen LogP contribution in [0, 0.1) is 6.92 Å². The van der Waals surface area contributed by atoms with Crippen molar-refractivity contribution in [2.24, 2.45) is 0 Å². The molecular weight excluding hydrogens is 494 g/mol. The van der Waals surface area contributed by atoms with Gasteiger partial charge in [0.1, 0.15) is 23.5 Å². The van der Waals surface area contributed by atoms with Crippen molar-refractivity contribution in [3.8, 4) is 11.8 Å². The van der Waals surface area contributed by atoms with Gasteiger partial charge in [0.25, 0.3) is 0 Å². The van der Waals surface area contributed by atoms with Crippen LogP contribution in [0.4, 0.5) is 5.82 Å². The summed E-state index contributed by atoms with van der Waals surface area (Å²) in [6, 6.07) is 12.9. The van der Waals surface area contributed by atoms with E-state index in [4.69, 9.17) is 24.2 Å². The van der Waals surface area contributed by atoms with Gasteiger partial charge >= 0.3 is 6.01 Å². The fraction of sp³-hybridized carbons (Fsp3) is 0.481. The van der Waals surface area contributed by atoms with Crippen LogP contribution in [0.2, 0.25) is 0 Å². The van der Waals surface area contributed by atoms with Crippen molar-refractivity contribution in [2.45, 2.75) is 58.2 Å². The number of nitrogens with zero attached hydrogens (tertiary/aromatic N) is 3. The minimum absolute atomic E-state index is 0.0712. The van der Waals surface area contributed by atoms with Crippen molar-refractivity contribution in [1.29, 1.82) is 0 Å². The largest absolute Gasteiger partial charge is 0.483 e. The highest BCUT2D eigenvalue weighted by molar-refractivity contribution is 9.10. The number of aromatic nitrogens is 2. The normalized spacial score (nSPS) is 18.1. The Morgan fingerprint density at radius 1 is 1.06 bits per heavy atom. The molecule has 34 heavy (non-hydrogen) atoms. The summed E-state index contributed by atoms with van der Waals surface area (Å²) in [4.78, 5) is 12.2. The molecule has 2 fully saturated rings. The third kappa shape index (κ3) is 5.01. The summed E-state index contributed by atoms with van der Waals surface area (Å²) in [6.07, 6.45) is 5.26. The smallest absolute Gasteiger partial charge is 0.319 e. The number of fused-ring (bicyclic) bond motifs is 1.